The van der Waals surface area contributed by atoms with Gasteiger partial charge in [-0.2, -0.15) is 0 Å². The lowest BCUT2D eigenvalue weighted by Gasteiger charge is -2.28. The molecule has 1 saturated heterocycles. The van der Waals surface area contributed by atoms with E-state index in [0.717, 1.165) is 12.8 Å². The van der Waals surface area contributed by atoms with E-state index in [4.69, 9.17) is 10.6 Å². The minimum Gasteiger partial charge on any atom is -0.329 e. The predicted molar refractivity (Wildman–Crippen MR) is 49.7 cm³/mol. The molecule has 1 aliphatic rings. The molecule has 4 heteroatoms. The molecule has 0 saturated carbocycles. The molecule has 0 radical (unpaired) electrons. The summed E-state index contributed by atoms with van der Waals surface area (Å²) in [6.07, 6.45) is 1.68. The summed E-state index contributed by atoms with van der Waals surface area (Å²) in [6, 6.07) is 0. The van der Waals surface area contributed by atoms with Crippen LogP contribution in [-0.2, 0) is 9.63 Å². The van der Waals surface area contributed by atoms with Gasteiger partial charge >= 0.3 is 0 Å². The number of carbonyl (C=O) groups excluding carboxylic acids is 1. The fraction of sp³-hybridized carbons (Fsp3) is 0.889. The van der Waals surface area contributed by atoms with Crippen molar-refractivity contribution in [1.29, 1.82) is 0 Å². The van der Waals surface area contributed by atoms with Crippen LogP contribution >= 0.6 is 0 Å². The molecule has 0 bridgehead atoms. The Kier molecular flexibility index (Phi) is 3.27. The minimum absolute atomic E-state index is 0.0231. The largest absolute Gasteiger partial charge is 0.329 e. The zero-order valence-electron chi connectivity index (χ0n) is 8.38. The highest BCUT2D eigenvalue weighted by atomic mass is 16.7. The Balaban J connectivity index is 2.63. The molecular formula is C9H18N2O2. The molecule has 1 fully saturated rings. The van der Waals surface area contributed by atoms with Gasteiger partial charge in [-0.05, 0) is 19.8 Å². The van der Waals surface area contributed by atoms with Crippen molar-refractivity contribution in [2.75, 3.05) is 19.7 Å². The standard InChI is InChI=1S/C9H18N2O2/c1-3-9(2,7-10)8(12)11-5-4-6-13-11/h3-7,10H2,1-2H3. The Morgan fingerprint density at radius 3 is 2.77 bits per heavy atom. The maximum absolute atomic E-state index is 11.9. The highest BCUT2D eigenvalue weighted by molar-refractivity contribution is 5.81. The third-order valence-electron chi connectivity index (χ3n) is 2.73. The van der Waals surface area contributed by atoms with Crippen molar-refractivity contribution >= 4 is 5.91 Å². The second kappa shape index (κ2) is 4.07. The number of hydroxylamine groups is 2. The molecule has 1 unspecified atom stereocenters. The molecule has 1 heterocycles. The Morgan fingerprint density at radius 2 is 2.38 bits per heavy atom. The lowest BCUT2D eigenvalue weighted by Crippen LogP contribution is -2.44. The van der Waals surface area contributed by atoms with Gasteiger partial charge in [-0.25, -0.2) is 5.06 Å². The SMILES string of the molecule is CCC(C)(CN)C(=O)N1CCCO1. The van der Waals surface area contributed by atoms with Gasteiger partial charge in [0.15, 0.2) is 0 Å². The number of nitrogens with two attached hydrogens (primary N) is 1. The van der Waals surface area contributed by atoms with Crippen LogP contribution in [0.5, 0.6) is 0 Å². The van der Waals surface area contributed by atoms with Crippen molar-refractivity contribution in [1.82, 2.24) is 5.06 Å². The van der Waals surface area contributed by atoms with E-state index in [1.807, 2.05) is 13.8 Å². The van der Waals surface area contributed by atoms with E-state index < -0.39 is 5.41 Å². The molecule has 4 nitrogen and oxygen atoms in total. The number of nitrogens with zero attached hydrogens (tertiary/aromatic N) is 1. The summed E-state index contributed by atoms with van der Waals surface area (Å²) in [7, 11) is 0. The summed E-state index contributed by atoms with van der Waals surface area (Å²) in [5.41, 5.74) is 5.13. The van der Waals surface area contributed by atoms with Crippen LogP contribution in [0.25, 0.3) is 0 Å². The third-order valence-corrected chi connectivity index (χ3v) is 2.73. The van der Waals surface area contributed by atoms with Crippen molar-refractivity contribution in [2.24, 2.45) is 11.1 Å². The van der Waals surface area contributed by atoms with Gasteiger partial charge in [-0.1, -0.05) is 6.92 Å². The Bertz CT molecular complexity index is 184. The number of amides is 1. The molecule has 1 aliphatic heterocycles. The van der Waals surface area contributed by atoms with Crippen LogP contribution in [0, 0.1) is 5.41 Å². The normalized spacial score (nSPS) is 21.6. The highest BCUT2D eigenvalue weighted by Gasteiger charge is 2.35. The molecule has 2 N–H and O–H groups in total. The Morgan fingerprint density at radius 1 is 1.69 bits per heavy atom. The number of hydrogen-bond donors (Lipinski definition) is 1. The first kappa shape index (κ1) is 10.5. The van der Waals surface area contributed by atoms with Gasteiger partial charge in [0.2, 0.25) is 0 Å². The van der Waals surface area contributed by atoms with Gasteiger partial charge < -0.3 is 5.73 Å². The summed E-state index contributed by atoms with van der Waals surface area (Å²) < 4.78 is 0. The summed E-state index contributed by atoms with van der Waals surface area (Å²) in [5, 5.41) is 1.45. The van der Waals surface area contributed by atoms with Crippen LogP contribution in [0.1, 0.15) is 26.7 Å². The van der Waals surface area contributed by atoms with Crippen molar-refractivity contribution in [2.45, 2.75) is 26.7 Å². The molecular weight excluding hydrogens is 168 g/mol. The fourth-order valence-corrected chi connectivity index (χ4v) is 1.29. The van der Waals surface area contributed by atoms with E-state index in [9.17, 15) is 4.79 Å². The first-order valence-electron chi connectivity index (χ1n) is 4.79. The maximum Gasteiger partial charge on any atom is 0.253 e. The average molecular weight is 186 g/mol. The van der Waals surface area contributed by atoms with Crippen molar-refractivity contribution in [3.05, 3.63) is 0 Å². The second-order valence-electron chi connectivity index (χ2n) is 3.71. The van der Waals surface area contributed by atoms with Crippen LogP contribution in [0.2, 0.25) is 0 Å². The number of rotatable bonds is 3. The molecule has 0 aromatic carbocycles. The van der Waals surface area contributed by atoms with Crippen LogP contribution in [0.3, 0.4) is 0 Å². The maximum atomic E-state index is 11.9. The lowest BCUT2D eigenvalue weighted by molar-refractivity contribution is -0.179. The number of hydrogen-bond acceptors (Lipinski definition) is 3. The zero-order chi connectivity index (χ0) is 9.90. The van der Waals surface area contributed by atoms with E-state index in [1.54, 1.807) is 0 Å². The summed E-state index contributed by atoms with van der Waals surface area (Å²) in [5.74, 6) is 0.0231. The summed E-state index contributed by atoms with van der Waals surface area (Å²) in [6.45, 7) is 5.59. The number of carbonyl (C=O) groups is 1. The molecule has 1 atom stereocenters. The van der Waals surface area contributed by atoms with Gasteiger partial charge in [-0.3, -0.25) is 9.63 Å². The van der Waals surface area contributed by atoms with Crippen LogP contribution in [-0.4, -0.2) is 30.7 Å². The van der Waals surface area contributed by atoms with Crippen LogP contribution in [0.15, 0.2) is 0 Å². The van der Waals surface area contributed by atoms with Crippen molar-refractivity contribution in [3.8, 4) is 0 Å². The first-order chi connectivity index (χ1) is 6.14. The second-order valence-corrected chi connectivity index (χ2v) is 3.71. The van der Waals surface area contributed by atoms with Crippen molar-refractivity contribution < 1.29 is 9.63 Å². The van der Waals surface area contributed by atoms with E-state index >= 15 is 0 Å². The Hall–Kier alpha value is -0.610. The fourth-order valence-electron chi connectivity index (χ4n) is 1.29. The van der Waals surface area contributed by atoms with Gasteiger partial charge in [0.25, 0.3) is 5.91 Å². The third kappa shape index (κ3) is 2.00. The summed E-state index contributed by atoms with van der Waals surface area (Å²) in [4.78, 5) is 17.0. The first-order valence-corrected chi connectivity index (χ1v) is 4.79. The average Bonchev–Trinajstić information content (AvgIpc) is 2.68. The van der Waals surface area contributed by atoms with Gasteiger partial charge in [0.05, 0.1) is 18.6 Å². The van der Waals surface area contributed by atoms with E-state index in [1.165, 1.54) is 5.06 Å². The minimum atomic E-state index is -0.454. The molecule has 13 heavy (non-hydrogen) atoms. The predicted octanol–water partition coefficient (Wildman–Crippen LogP) is 0.525. The smallest absolute Gasteiger partial charge is 0.253 e. The monoisotopic (exact) mass is 186 g/mol. The molecule has 0 aromatic rings. The molecule has 1 amide bonds. The lowest BCUT2D eigenvalue weighted by atomic mass is 9.86. The molecule has 1 rings (SSSR count). The quantitative estimate of drug-likeness (QED) is 0.699. The van der Waals surface area contributed by atoms with E-state index in [-0.39, 0.29) is 5.91 Å². The summed E-state index contributed by atoms with van der Waals surface area (Å²) >= 11 is 0. The molecule has 0 aromatic heterocycles. The molecule has 0 aliphatic carbocycles. The Labute approximate surface area is 79.0 Å². The van der Waals surface area contributed by atoms with Crippen LogP contribution in [0.4, 0.5) is 0 Å². The van der Waals surface area contributed by atoms with Gasteiger partial charge in [-0.15, -0.1) is 0 Å². The topological polar surface area (TPSA) is 55.6 Å². The zero-order valence-corrected chi connectivity index (χ0v) is 8.38. The van der Waals surface area contributed by atoms with Crippen LogP contribution < -0.4 is 5.73 Å². The van der Waals surface area contributed by atoms with Crippen molar-refractivity contribution in [3.63, 3.8) is 0 Å². The highest BCUT2D eigenvalue weighted by Crippen LogP contribution is 2.24. The van der Waals surface area contributed by atoms with Gasteiger partial charge in [0, 0.05) is 6.54 Å². The molecule has 76 valence electrons. The van der Waals surface area contributed by atoms with E-state index in [0.29, 0.717) is 19.7 Å². The molecule has 0 spiro atoms. The van der Waals surface area contributed by atoms with E-state index in [2.05, 4.69) is 0 Å². The van der Waals surface area contributed by atoms with Gasteiger partial charge in [0.1, 0.15) is 0 Å².